The molecular formula is C18H29NO2. The number of aliphatic hydroxyl groups excluding tert-OH is 1. The SMILES string of the molecule is COCCC1(CNCC(O)c2ccc(C(C)C)cc2)CC1. The van der Waals surface area contributed by atoms with E-state index in [1.165, 1.54) is 18.4 Å². The van der Waals surface area contributed by atoms with Gasteiger partial charge < -0.3 is 15.2 Å². The maximum absolute atomic E-state index is 10.3. The molecule has 0 radical (unpaired) electrons. The van der Waals surface area contributed by atoms with Gasteiger partial charge in [0.25, 0.3) is 0 Å². The van der Waals surface area contributed by atoms with Gasteiger partial charge >= 0.3 is 0 Å². The van der Waals surface area contributed by atoms with Crippen LogP contribution in [0.4, 0.5) is 0 Å². The van der Waals surface area contributed by atoms with Crippen LogP contribution in [0.5, 0.6) is 0 Å². The predicted octanol–water partition coefficient (Wildman–Crippen LogP) is 3.25. The van der Waals surface area contributed by atoms with E-state index in [1.807, 2.05) is 12.1 Å². The number of ether oxygens (including phenoxy) is 1. The standard InChI is InChI=1S/C18H29NO2/c1-14(2)15-4-6-16(7-5-15)17(20)12-19-13-18(8-9-18)10-11-21-3/h4-7,14,17,19-20H,8-13H2,1-3H3. The summed E-state index contributed by atoms with van der Waals surface area (Å²) in [7, 11) is 1.76. The van der Waals surface area contributed by atoms with E-state index >= 15 is 0 Å². The summed E-state index contributed by atoms with van der Waals surface area (Å²) in [6.07, 6.45) is 3.25. The van der Waals surface area contributed by atoms with Crippen molar-refractivity contribution in [3.8, 4) is 0 Å². The lowest BCUT2D eigenvalue weighted by atomic mass is 9.99. The maximum Gasteiger partial charge on any atom is 0.0914 e. The van der Waals surface area contributed by atoms with Crippen molar-refractivity contribution in [1.29, 1.82) is 0 Å². The number of benzene rings is 1. The third-order valence-electron chi connectivity index (χ3n) is 4.62. The van der Waals surface area contributed by atoms with Crippen molar-refractivity contribution in [2.75, 3.05) is 26.8 Å². The molecule has 1 aromatic carbocycles. The zero-order valence-electron chi connectivity index (χ0n) is 13.6. The van der Waals surface area contributed by atoms with Crippen molar-refractivity contribution < 1.29 is 9.84 Å². The summed E-state index contributed by atoms with van der Waals surface area (Å²) in [5.41, 5.74) is 2.74. The van der Waals surface area contributed by atoms with E-state index in [2.05, 4.69) is 31.3 Å². The summed E-state index contributed by atoms with van der Waals surface area (Å²) in [5, 5.41) is 13.7. The Balaban J connectivity index is 1.75. The summed E-state index contributed by atoms with van der Waals surface area (Å²) in [4.78, 5) is 0. The van der Waals surface area contributed by atoms with Crippen molar-refractivity contribution in [1.82, 2.24) is 5.32 Å². The number of rotatable bonds is 9. The van der Waals surface area contributed by atoms with Gasteiger partial charge in [0.15, 0.2) is 0 Å². The van der Waals surface area contributed by atoms with Gasteiger partial charge in [-0.1, -0.05) is 38.1 Å². The highest BCUT2D eigenvalue weighted by molar-refractivity contribution is 5.26. The fourth-order valence-electron chi connectivity index (χ4n) is 2.71. The van der Waals surface area contributed by atoms with E-state index in [1.54, 1.807) is 7.11 Å². The van der Waals surface area contributed by atoms with Gasteiger partial charge in [-0.3, -0.25) is 0 Å². The van der Waals surface area contributed by atoms with E-state index < -0.39 is 6.10 Å². The fourth-order valence-corrected chi connectivity index (χ4v) is 2.71. The van der Waals surface area contributed by atoms with Gasteiger partial charge in [-0.25, -0.2) is 0 Å². The molecule has 2 rings (SSSR count). The predicted molar refractivity (Wildman–Crippen MR) is 86.5 cm³/mol. The molecule has 1 aliphatic carbocycles. The summed E-state index contributed by atoms with van der Waals surface area (Å²) in [6.45, 7) is 6.80. The minimum atomic E-state index is -0.426. The van der Waals surface area contributed by atoms with Crippen molar-refractivity contribution in [2.45, 2.75) is 45.1 Å². The summed E-state index contributed by atoms with van der Waals surface area (Å²) < 4.78 is 5.17. The Morgan fingerprint density at radius 1 is 1.19 bits per heavy atom. The van der Waals surface area contributed by atoms with E-state index in [4.69, 9.17) is 4.74 Å². The first kappa shape index (κ1) is 16.5. The average molecular weight is 291 g/mol. The third kappa shape index (κ3) is 4.80. The molecule has 0 amide bonds. The number of methoxy groups -OCH3 is 1. The number of hydrogen-bond acceptors (Lipinski definition) is 3. The first-order chi connectivity index (χ1) is 10.1. The molecule has 1 unspecified atom stereocenters. The van der Waals surface area contributed by atoms with Crippen LogP contribution in [-0.2, 0) is 4.74 Å². The molecule has 3 nitrogen and oxygen atoms in total. The molecule has 1 saturated carbocycles. The first-order valence-electron chi connectivity index (χ1n) is 8.04. The normalized spacial score (nSPS) is 18.0. The smallest absolute Gasteiger partial charge is 0.0914 e. The summed E-state index contributed by atoms with van der Waals surface area (Å²) in [5.74, 6) is 0.532. The molecule has 1 aromatic rings. The zero-order chi connectivity index (χ0) is 15.3. The Bertz CT molecular complexity index is 423. The lowest BCUT2D eigenvalue weighted by molar-refractivity contribution is 0.158. The zero-order valence-corrected chi connectivity index (χ0v) is 13.6. The quantitative estimate of drug-likeness (QED) is 0.734. The molecule has 0 saturated heterocycles. The minimum absolute atomic E-state index is 0.426. The molecule has 2 N–H and O–H groups in total. The largest absolute Gasteiger partial charge is 0.387 e. The van der Waals surface area contributed by atoms with Gasteiger partial charge in [0.1, 0.15) is 0 Å². The van der Waals surface area contributed by atoms with E-state index in [0.717, 1.165) is 25.1 Å². The van der Waals surface area contributed by atoms with Gasteiger partial charge in [-0.2, -0.15) is 0 Å². The van der Waals surface area contributed by atoms with E-state index in [-0.39, 0.29) is 0 Å². The Kier molecular flexibility index (Phi) is 5.80. The second-order valence-electron chi connectivity index (χ2n) is 6.71. The molecule has 1 atom stereocenters. The van der Waals surface area contributed by atoms with Crippen LogP contribution in [0.3, 0.4) is 0 Å². The van der Waals surface area contributed by atoms with Crippen LogP contribution < -0.4 is 5.32 Å². The highest BCUT2D eigenvalue weighted by Crippen LogP contribution is 2.48. The monoisotopic (exact) mass is 291 g/mol. The number of nitrogens with one attached hydrogen (secondary N) is 1. The molecule has 21 heavy (non-hydrogen) atoms. The van der Waals surface area contributed by atoms with Gasteiger partial charge in [0.05, 0.1) is 6.10 Å². The van der Waals surface area contributed by atoms with Crippen molar-refractivity contribution >= 4 is 0 Å². The van der Waals surface area contributed by atoms with Crippen LogP contribution in [0, 0.1) is 5.41 Å². The molecule has 118 valence electrons. The highest BCUT2D eigenvalue weighted by atomic mass is 16.5. The summed E-state index contributed by atoms with van der Waals surface area (Å²) >= 11 is 0. The van der Waals surface area contributed by atoms with Crippen LogP contribution >= 0.6 is 0 Å². The second kappa shape index (κ2) is 7.39. The van der Waals surface area contributed by atoms with Crippen molar-refractivity contribution in [2.24, 2.45) is 5.41 Å². The van der Waals surface area contributed by atoms with Crippen LogP contribution in [0.15, 0.2) is 24.3 Å². The van der Waals surface area contributed by atoms with Gasteiger partial charge in [-0.05, 0) is 41.7 Å². The lowest BCUT2D eigenvalue weighted by Crippen LogP contribution is -2.29. The minimum Gasteiger partial charge on any atom is -0.387 e. The highest BCUT2D eigenvalue weighted by Gasteiger charge is 2.41. The molecule has 3 heteroatoms. The van der Waals surface area contributed by atoms with Gasteiger partial charge in [0.2, 0.25) is 0 Å². The third-order valence-corrected chi connectivity index (χ3v) is 4.62. The Morgan fingerprint density at radius 2 is 1.81 bits per heavy atom. The Hall–Kier alpha value is -0.900. The van der Waals surface area contributed by atoms with Crippen molar-refractivity contribution in [3.63, 3.8) is 0 Å². The maximum atomic E-state index is 10.3. The molecule has 1 fully saturated rings. The van der Waals surface area contributed by atoms with Crippen LogP contribution in [0.2, 0.25) is 0 Å². The fraction of sp³-hybridized carbons (Fsp3) is 0.667. The van der Waals surface area contributed by atoms with Crippen LogP contribution in [-0.4, -0.2) is 31.9 Å². The molecular weight excluding hydrogens is 262 g/mol. The van der Waals surface area contributed by atoms with E-state index in [0.29, 0.717) is 17.9 Å². The topological polar surface area (TPSA) is 41.5 Å². The summed E-state index contributed by atoms with van der Waals surface area (Å²) in [6, 6.07) is 8.31. The number of hydrogen-bond donors (Lipinski definition) is 2. The van der Waals surface area contributed by atoms with Crippen molar-refractivity contribution in [3.05, 3.63) is 35.4 Å². The van der Waals surface area contributed by atoms with Crippen LogP contribution in [0.25, 0.3) is 0 Å². The Labute approximate surface area is 128 Å². The molecule has 0 spiro atoms. The van der Waals surface area contributed by atoms with Crippen LogP contribution in [0.1, 0.15) is 56.3 Å². The van der Waals surface area contributed by atoms with Gasteiger partial charge in [0, 0.05) is 26.8 Å². The second-order valence-corrected chi connectivity index (χ2v) is 6.71. The molecule has 0 aliphatic heterocycles. The van der Waals surface area contributed by atoms with E-state index in [9.17, 15) is 5.11 Å². The van der Waals surface area contributed by atoms with Gasteiger partial charge in [-0.15, -0.1) is 0 Å². The molecule has 0 heterocycles. The molecule has 0 aromatic heterocycles. The first-order valence-corrected chi connectivity index (χ1v) is 8.04. The number of aliphatic hydroxyl groups is 1. The molecule has 0 bridgehead atoms. The average Bonchev–Trinajstić information content (AvgIpc) is 3.25. The molecule has 1 aliphatic rings. The Morgan fingerprint density at radius 3 is 2.33 bits per heavy atom. The lowest BCUT2D eigenvalue weighted by Gasteiger charge is -2.18.